The van der Waals surface area contributed by atoms with E-state index < -0.39 is 0 Å². The summed E-state index contributed by atoms with van der Waals surface area (Å²) in [5, 5.41) is 3.47. The highest BCUT2D eigenvalue weighted by atomic mass is 79.9. The fourth-order valence-corrected chi connectivity index (χ4v) is 2.81. The Kier molecular flexibility index (Phi) is 5.14. The van der Waals surface area contributed by atoms with Crippen molar-refractivity contribution in [3.63, 3.8) is 0 Å². The molecule has 0 amide bonds. The van der Waals surface area contributed by atoms with Crippen LogP contribution in [0.15, 0.2) is 57.9 Å². The predicted octanol–water partition coefficient (Wildman–Crippen LogP) is 4.96. The molecule has 2 aromatic carbocycles. The van der Waals surface area contributed by atoms with Crippen molar-refractivity contribution >= 4 is 33.4 Å². The maximum atomic E-state index is 3.50. The third-order valence-corrected chi connectivity index (χ3v) is 4.14. The van der Waals surface area contributed by atoms with Gasteiger partial charge in [-0.05, 0) is 36.8 Å². The molecule has 0 saturated heterocycles. The molecule has 0 bridgehead atoms. The van der Waals surface area contributed by atoms with E-state index in [1.807, 2.05) is 17.8 Å². The monoisotopic (exact) mass is 321 g/mol. The number of thioether (sulfide) groups is 1. The van der Waals surface area contributed by atoms with E-state index in [1.54, 1.807) is 0 Å². The van der Waals surface area contributed by atoms with Gasteiger partial charge in [0.25, 0.3) is 0 Å². The van der Waals surface area contributed by atoms with Gasteiger partial charge in [0, 0.05) is 27.4 Å². The van der Waals surface area contributed by atoms with Gasteiger partial charge >= 0.3 is 0 Å². The van der Waals surface area contributed by atoms with Gasteiger partial charge < -0.3 is 5.32 Å². The normalized spacial score (nSPS) is 10.3. The van der Waals surface area contributed by atoms with Gasteiger partial charge in [0.15, 0.2) is 0 Å². The fourth-order valence-electron chi connectivity index (χ4n) is 1.66. The van der Waals surface area contributed by atoms with Crippen LogP contribution in [0.5, 0.6) is 0 Å². The summed E-state index contributed by atoms with van der Waals surface area (Å²) in [7, 11) is 0. The van der Waals surface area contributed by atoms with Crippen molar-refractivity contribution in [2.45, 2.75) is 11.8 Å². The van der Waals surface area contributed by atoms with Gasteiger partial charge in [-0.1, -0.05) is 40.2 Å². The zero-order chi connectivity index (χ0) is 12.8. The van der Waals surface area contributed by atoms with Gasteiger partial charge in [-0.3, -0.25) is 0 Å². The summed E-state index contributed by atoms with van der Waals surface area (Å²) in [5.41, 5.74) is 2.49. The first-order valence-corrected chi connectivity index (χ1v) is 7.71. The lowest BCUT2D eigenvalue weighted by molar-refractivity contribution is 1.21. The van der Waals surface area contributed by atoms with Crippen molar-refractivity contribution in [3.05, 3.63) is 58.6 Å². The average Bonchev–Trinajstić information content (AvgIpc) is 2.40. The first-order valence-electron chi connectivity index (χ1n) is 5.93. The van der Waals surface area contributed by atoms with E-state index >= 15 is 0 Å². The van der Waals surface area contributed by atoms with Gasteiger partial charge in [0.2, 0.25) is 0 Å². The number of benzene rings is 2. The number of halogens is 1. The summed E-state index contributed by atoms with van der Waals surface area (Å²) in [6, 6.07) is 16.8. The molecule has 18 heavy (non-hydrogen) atoms. The lowest BCUT2D eigenvalue weighted by Gasteiger charge is -2.09. The highest BCUT2D eigenvalue weighted by molar-refractivity contribution is 9.10. The summed E-state index contributed by atoms with van der Waals surface area (Å²) in [5.74, 6) is 1.07. The number of rotatable bonds is 5. The molecule has 0 saturated carbocycles. The molecule has 1 N–H and O–H groups in total. The topological polar surface area (TPSA) is 12.0 Å². The second kappa shape index (κ2) is 6.86. The van der Waals surface area contributed by atoms with E-state index in [-0.39, 0.29) is 0 Å². The summed E-state index contributed by atoms with van der Waals surface area (Å²) in [6.07, 6.45) is 0. The number of aryl methyl sites for hydroxylation is 1. The van der Waals surface area contributed by atoms with Crippen LogP contribution in [0.1, 0.15) is 5.56 Å². The third-order valence-electron chi connectivity index (χ3n) is 2.63. The fraction of sp³-hybridized carbons (Fsp3) is 0.200. The molecule has 0 aliphatic rings. The highest BCUT2D eigenvalue weighted by Crippen LogP contribution is 2.21. The molecule has 0 radical (unpaired) electrons. The first-order chi connectivity index (χ1) is 8.75. The Morgan fingerprint density at radius 3 is 2.67 bits per heavy atom. The Balaban J connectivity index is 1.80. The standard InChI is InChI=1S/C15H16BrNS/c1-12-7-8-13(16)11-15(12)17-9-10-18-14-5-3-2-4-6-14/h2-8,11,17H,9-10H2,1H3. The predicted molar refractivity (Wildman–Crippen MR) is 84.5 cm³/mol. The van der Waals surface area contributed by atoms with Crippen LogP contribution in [0, 0.1) is 6.92 Å². The largest absolute Gasteiger partial charge is 0.384 e. The van der Waals surface area contributed by atoms with Crippen LogP contribution in [-0.4, -0.2) is 12.3 Å². The zero-order valence-electron chi connectivity index (χ0n) is 10.3. The van der Waals surface area contributed by atoms with E-state index in [4.69, 9.17) is 0 Å². The Labute approximate surface area is 121 Å². The van der Waals surface area contributed by atoms with Crippen LogP contribution in [0.2, 0.25) is 0 Å². The van der Waals surface area contributed by atoms with Crippen molar-refractivity contribution in [2.75, 3.05) is 17.6 Å². The zero-order valence-corrected chi connectivity index (χ0v) is 12.7. The molecule has 0 aliphatic carbocycles. The van der Waals surface area contributed by atoms with Gasteiger partial charge in [-0.25, -0.2) is 0 Å². The van der Waals surface area contributed by atoms with Crippen LogP contribution < -0.4 is 5.32 Å². The summed E-state index contributed by atoms with van der Waals surface area (Å²) < 4.78 is 1.12. The van der Waals surface area contributed by atoms with Crippen LogP contribution in [-0.2, 0) is 0 Å². The average molecular weight is 322 g/mol. The van der Waals surface area contributed by atoms with E-state index in [1.165, 1.54) is 16.1 Å². The molecular formula is C15H16BrNS. The van der Waals surface area contributed by atoms with Crippen molar-refractivity contribution in [3.8, 4) is 0 Å². The minimum absolute atomic E-state index is 0.969. The first kappa shape index (κ1) is 13.5. The van der Waals surface area contributed by atoms with Gasteiger partial charge in [0.05, 0.1) is 0 Å². The van der Waals surface area contributed by atoms with Crippen molar-refractivity contribution in [2.24, 2.45) is 0 Å². The summed E-state index contributed by atoms with van der Waals surface area (Å²) in [4.78, 5) is 1.32. The Morgan fingerprint density at radius 1 is 1.11 bits per heavy atom. The number of nitrogens with one attached hydrogen (secondary N) is 1. The molecule has 3 heteroatoms. The van der Waals surface area contributed by atoms with E-state index in [9.17, 15) is 0 Å². The molecule has 0 atom stereocenters. The van der Waals surface area contributed by atoms with Crippen LogP contribution in [0.4, 0.5) is 5.69 Å². The third kappa shape index (κ3) is 4.07. The maximum Gasteiger partial charge on any atom is 0.0381 e. The Bertz CT molecular complexity index is 499. The lowest BCUT2D eigenvalue weighted by Crippen LogP contribution is -2.05. The quantitative estimate of drug-likeness (QED) is 0.617. The summed E-state index contributed by atoms with van der Waals surface area (Å²) in [6.45, 7) is 3.09. The Hall–Kier alpha value is -0.930. The van der Waals surface area contributed by atoms with Gasteiger partial charge in [-0.2, -0.15) is 0 Å². The van der Waals surface area contributed by atoms with Crippen molar-refractivity contribution in [1.82, 2.24) is 0 Å². The van der Waals surface area contributed by atoms with Crippen LogP contribution in [0.3, 0.4) is 0 Å². The van der Waals surface area contributed by atoms with Crippen molar-refractivity contribution in [1.29, 1.82) is 0 Å². The lowest BCUT2D eigenvalue weighted by atomic mass is 10.2. The van der Waals surface area contributed by atoms with Crippen LogP contribution >= 0.6 is 27.7 Å². The van der Waals surface area contributed by atoms with Crippen LogP contribution in [0.25, 0.3) is 0 Å². The van der Waals surface area contributed by atoms with Crippen molar-refractivity contribution < 1.29 is 0 Å². The molecule has 0 spiro atoms. The molecule has 0 aliphatic heterocycles. The number of hydrogen-bond donors (Lipinski definition) is 1. The minimum Gasteiger partial charge on any atom is -0.384 e. The molecule has 1 nitrogen and oxygen atoms in total. The molecule has 0 aromatic heterocycles. The van der Waals surface area contributed by atoms with E-state index in [0.29, 0.717) is 0 Å². The van der Waals surface area contributed by atoms with E-state index in [0.717, 1.165) is 16.8 Å². The SMILES string of the molecule is Cc1ccc(Br)cc1NCCSc1ccccc1. The molecule has 0 heterocycles. The second-order valence-electron chi connectivity index (χ2n) is 4.05. The maximum absolute atomic E-state index is 3.50. The number of hydrogen-bond acceptors (Lipinski definition) is 2. The molecule has 0 unspecified atom stereocenters. The smallest absolute Gasteiger partial charge is 0.0381 e. The minimum atomic E-state index is 0.969. The molecule has 2 aromatic rings. The van der Waals surface area contributed by atoms with Gasteiger partial charge in [0.1, 0.15) is 0 Å². The Morgan fingerprint density at radius 2 is 1.89 bits per heavy atom. The molecule has 2 rings (SSSR count). The molecular weight excluding hydrogens is 306 g/mol. The second-order valence-corrected chi connectivity index (χ2v) is 6.13. The van der Waals surface area contributed by atoms with E-state index in [2.05, 4.69) is 70.6 Å². The number of anilines is 1. The summed E-state index contributed by atoms with van der Waals surface area (Å²) >= 11 is 5.37. The molecule has 94 valence electrons. The van der Waals surface area contributed by atoms with Gasteiger partial charge in [-0.15, -0.1) is 11.8 Å². The molecule has 0 fully saturated rings. The highest BCUT2D eigenvalue weighted by Gasteiger charge is 1.98.